The van der Waals surface area contributed by atoms with Gasteiger partial charge < -0.3 is 4.90 Å². The first-order chi connectivity index (χ1) is 11.1. The van der Waals surface area contributed by atoms with Crippen LogP contribution in [0.1, 0.15) is 37.8 Å². The largest absolute Gasteiger partial charge is 0.355 e. The maximum atomic E-state index is 4.70. The number of anilines is 1. The van der Waals surface area contributed by atoms with Crippen molar-refractivity contribution in [3.05, 3.63) is 42.4 Å². The van der Waals surface area contributed by atoms with E-state index in [1.807, 2.05) is 18.3 Å². The van der Waals surface area contributed by atoms with Gasteiger partial charge in [-0.3, -0.25) is 4.90 Å². The number of likely N-dealkylation sites (N-methyl/N-ethyl adjacent to an activating group) is 1. The molecule has 0 aliphatic carbocycles. The predicted molar refractivity (Wildman–Crippen MR) is 90.2 cm³/mol. The average molecular weight is 312 g/mol. The second-order valence-corrected chi connectivity index (χ2v) is 6.40. The van der Waals surface area contributed by atoms with Crippen molar-refractivity contribution >= 4 is 5.82 Å². The molecule has 0 unspecified atom stereocenters. The topological polar surface area (TPSA) is 58.0 Å². The third kappa shape index (κ3) is 3.82. The van der Waals surface area contributed by atoms with Gasteiger partial charge in [-0.2, -0.15) is 0 Å². The number of nitrogens with zero attached hydrogens (tertiary/aromatic N) is 6. The molecule has 3 rings (SSSR count). The zero-order valence-electron chi connectivity index (χ0n) is 14.1. The van der Waals surface area contributed by atoms with Crippen LogP contribution in [-0.4, -0.2) is 51.0 Å². The van der Waals surface area contributed by atoms with Crippen LogP contribution in [-0.2, 0) is 6.54 Å². The lowest BCUT2D eigenvalue weighted by Gasteiger charge is -2.24. The van der Waals surface area contributed by atoms with Crippen molar-refractivity contribution in [3.8, 4) is 0 Å². The van der Waals surface area contributed by atoms with E-state index < -0.39 is 0 Å². The molecule has 0 spiro atoms. The Balaban J connectivity index is 1.63. The van der Waals surface area contributed by atoms with Crippen molar-refractivity contribution in [2.45, 2.75) is 38.8 Å². The quantitative estimate of drug-likeness (QED) is 0.843. The van der Waals surface area contributed by atoms with Crippen molar-refractivity contribution in [1.29, 1.82) is 0 Å². The molecular weight excluding hydrogens is 288 g/mol. The summed E-state index contributed by atoms with van der Waals surface area (Å²) < 4.78 is 0. The summed E-state index contributed by atoms with van der Waals surface area (Å²) in [5.74, 6) is 3.18. The average Bonchev–Trinajstić information content (AvgIpc) is 3.06. The lowest BCUT2D eigenvalue weighted by Crippen LogP contribution is -2.34. The molecule has 2 aromatic heterocycles. The third-order valence-electron chi connectivity index (χ3n) is 4.30. The second-order valence-electron chi connectivity index (χ2n) is 6.40. The molecule has 0 saturated carbocycles. The molecule has 122 valence electrons. The van der Waals surface area contributed by atoms with Crippen LogP contribution in [0.4, 0.5) is 5.82 Å². The van der Waals surface area contributed by atoms with Gasteiger partial charge in [-0.1, -0.05) is 13.8 Å². The van der Waals surface area contributed by atoms with Gasteiger partial charge >= 0.3 is 0 Å². The van der Waals surface area contributed by atoms with E-state index in [4.69, 9.17) is 4.98 Å². The molecule has 6 nitrogen and oxygen atoms in total. The van der Waals surface area contributed by atoms with E-state index in [2.05, 4.69) is 45.6 Å². The molecule has 0 N–H and O–H groups in total. The Bertz CT molecular complexity index is 630. The highest BCUT2D eigenvalue weighted by molar-refractivity contribution is 5.39. The van der Waals surface area contributed by atoms with Crippen molar-refractivity contribution in [2.75, 3.05) is 25.0 Å². The Kier molecular flexibility index (Phi) is 4.81. The van der Waals surface area contributed by atoms with Gasteiger partial charge in [-0.05, 0) is 25.6 Å². The summed E-state index contributed by atoms with van der Waals surface area (Å²) in [5.41, 5.74) is 0. The molecule has 1 atom stereocenters. The molecule has 0 amide bonds. The smallest absolute Gasteiger partial charge is 0.142 e. The summed E-state index contributed by atoms with van der Waals surface area (Å²) in [5, 5.41) is 0. The summed E-state index contributed by atoms with van der Waals surface area (Å²) in [6.45, 7) is 7.04. The zero-order chi connectivity index (χ0) is 16.2. The fraction of sp³-hybridized carbons (Fsp3) is 0.529. The summed E-state index contributed by atoms with van der Waals surface area (Å²) in [6, 6.07) is 4.35. The number of aromatic nitrogens is 4. The summed E-state index contributed by atoms with van der Waals surface area (Å²) in [6.07, 6.45) is 6.59. The summed E-state index contributed by atoms with van der Waals surface area (Å²) >= 11 is 0. The molecule has 1 aliphatic rings. The maximum Gasteiger partial charge on any atom is 0.142 e. The molecule has 1 saturated heterocycles. The molecule has 23 heavy (non-hydrogen) atoms. The van der Waals surface area contributed by atoms with Gasteiger partial charge in [0.25, 0.3) is 0 Å². The molecule has 1 aliphatic heterocycles. The second kappa shape index (κ2) is 7.00. The highest BCUT2D eigenvalue weighted by Crippen LogP contribution is 2.22. The van der Waals surface area contributed by atoms with Gasteiger partial charge in [0.15, 0.2) is 0 Å². The number of hydrogen-bond donors (Lipinski definition) is 0. The Hall–Kier alpha value is -2.08. The van der Waals surface area contributed by atoms with E-state index >= 15 is 0 Å². The molecule has 6 heteroatoms. The molecule has 2 aromatic rings. The van der Waals surface area contributed by atoms with Gasteiger partial charge in [0, 0.05) is 43.6 Å². The van der Waals surface area contributed by atoms with Gasteiger partial charge in [0.1, 0.15) is 17.5 Å². The Morgan fingerprint density at radius 2 is 2.00 bits per heavy atom. The lowest BCUT2D eigenvalue weighted by atomic mass is 10.2. The molecular formula is C17H24N6. The molecule has 0 bridgehead atoms. The summed E-state index contributed by atoms with van der Waals surface area (Å²) in [4.78, 5) is 22.4. The van der Waals surface area contributed by atoms with Gasteiger partial charge in [-0.25, -0.2) is 19.9 Å². The number of hydrogen-bond acceptors (Lipinski definition) is 6. The van der Waals surface area contributed by atoms with Crippen molar-refractivity contribution in [3.63, 3.8) is 0 Å². The first kappa shape index (κ1) is 15.8. The fourth-order valence-electron chi connectivity index (χ4n) is 2.89. The highest BCUT2D eigenvalue weighted by atomic mass is 15.3. The third-order valence-corrected chi connectivity index (χ3v) is 4.30. The van der Waals surface area contributed by atoms with E-state index in [-0.39, 0.29) is 0 Å². The van der Waals surface area contributed by atoms with E-state index in [0.29, 0.717) is 12.0 Å². The monoisotopic (exact) mass is 312 g/mol. The first-order valence-corrected chi connectivity index (χ1v) is 8.17. The fourth-order valence-corrected chi connectivity index (χ4v) is 2.89. The van der Waals surface area contributed by atoms with E-state index in [1.165, 1.54) is 0 Å². The van der Waals surface area contributed by atoms with Crippen LogP contribution in [0.2, 0.25) is 0 Å². The van der Waals surface area contributed by atoms with Gasteiger partial charge in [0.05, 0.1) is 6.54 Å². The van der Waals surface area contributed by atoms with Gasteiger partial charge in [0.2, 0.25) is 0 Å². The number of rotatable bonds is 5. The Morgan fingerprint density at radius 1 is 1.22 bits per heavy atom. The Labute approximate surface area is 137 Å². The van der Waals surface area contributed by atoms with Crippen molar-refractivity contribution in [1.82, 2.24) is 24.8 Å². The van der Waals surface area contributed by atoms with Crippen LogP contribution in [0, 0.1) is 0 Å². The Morgan fingerprint density at radius 3 is 2.74 bits per heavy atom. The SMILES string of the molecule is CC(C)c1nccc(N2CC[C@H](N(C)Cc3ncccn3)C2)n1. The van der Waals surface area contributed by atoms with Crippen LogP contribution < -0.4 is 4.90 Å². The normalized spacial score (nSPS) is 18.1. The van der Waals surface area contributed by atoms with Crippen LogP contribution >= 0.6 is 0 Å². The van der Waals surface area contributed by atoms with Crippen LogP contribution in [0.15, 0.2) is 30.7 Å². The zero-order valence-corrected chi connectivity index (χ0v) is 14.1. The molecule has 0 radical (unpaired) electrons. The van der Waals surface area contributed by atoms with Crippen LogP contribution in [0.3, 0.4) is 0 Å². The lowest BCUT2D eigenvalue weighted by molar-refractivity contribution is 0.244. The van der Waals surface area contributed by atoms with Crippen LogP contribution in [0.25, 0.3) is 0 Å². The maximum absolute atomic E-state index is 4.70. The molecule has 3 heterocycles. The predicted octanol–water partition coefficient (Wildman–Crippen LogP) is 2.10. The first-order valence-electron chi connectivity index (χ1n) is 8.17. The molecule has 0 aromatic carbocycles. The minimum atomic E-state index is 0.353. The van der Waals surface area contributed by atoms with E-state index in [1.54, 1.807) is 12.4 Å². The minimum Gasteiger partial charge on any atom is -0.355 e. The van der Waals surface area contributed by atoms with E-state index in [0.717, 1.165) is 43.5 Å². The molecule has 1 fully saturated rings. The van der Waals surface area contributed by atoms with Crippen molar-refractivity contribution in [2.24, 2.45) is 0 Å². The summed E-state index contributed by atoms with van der Waals surface area (Å²) in [7, 11) is 2.14. The van der Waals surface area contributed by atoms with E-state index in [9.17, 15) is 0 Å². The standard InChI is InChI=1S/C17H24N6/c1-13(2)17-20-9-5-16(21-17)23-10-6-14(11-23)22(3)12-15-18-7-4-8-19-15/h4-5,7-9,13-14H,6,10-12H2,1-3H3/t14-/m0/s1. The minimum absolute atomic E-state index is 0.353. The highest BCUT2D eigenvalue weighted by Gasteiger charge is 2.27. The van der Waals surface area contributed by atoms with Crippen molar-refractivity contribution < 1.29 is 0 Å². The van der Waals surface area contributed by atoms with Gasteiger partial charge in [-0.15, -0.1) is 0 Å². The van der Waals surface area contributed by atoms with Crippen LogP contribution in [0.5, 0.6) is 0 Å².